The zero-order valence-electron chi connectivity index (χ0n) is 17.1. The standard InChI is InChI=1S/C21H29N5O2S/c1-24(14-19-22-6-7-23-19)12-16-3-4-18-17-9-15(11-26(18)21(16)28)10-25(13-17)20(27)5-8-29-2/h3-4,6-7,15,17H,5,8-14H2,1-2H3,(H,22,23)/t15-,17+/m0/s1. The van der Waals surface area contributed by atoms with E-state index in [1.165, 1.54) is 0 Å². The monoisotopic (exact) mass is 415 g/mol. The number of nitrogens with zero attached hydrogens (tertiary/aromatic N) is 4. The number of pyridine rings is 1. The number of thioether (sulfide) groups is 1. The number of H-pyrrole nitrogens is 1. The van der Waals surface area contributed by atoms with Gasteiger partial charge in [0, 0.05) is 67.9 Å². The van der Waals surface area contributed by atoms with Crippen LogP contribution in [0, 0.1) is 5.92 Å². The van der Waals surface area contributed by atoms with Gasteiger partial charge in [0.2, 0.25) is 5.91 Å². The first-order valence-corrected chi connectivity index (χ1v) is 11.6. The maximum Gasteiger partial charge on any atom is 0.255 e. The summed E-state index contributed by atoms with van der Waals surface area (Å²) in [5.41, 5.74) is 2.02. The predicted octanol–water partition coefficient (Wildman–Crippen LogP) is 1.90. The van der Waals surface area contributed by atoms with Crippen LogP contribution in [0.3, 0.4) is 0 Å². The Balaban J connectivity index is 1.48. The first kappa shape index (κ1) is 20.2. The summed E-state index contributed by atoms with van der Waals surface area (Å²) >= 11 is 1.71. The Morgan fingerprint density at radius 1 is 1.31 bits per heavy atom. The Morgan fingerprint density at radius 3 is 2.93 bits per heavy atom. The fraction of sp³-hybridized carbons (Fsp3) is 0.571. The number of aromatic nitrogens is 3. The van der Waals surface area contributed by atoms with Crippen molar-refractivity contribution in [1.82, 2.24) is 24.3 Å². The SMILES string of the molecule is CSCCC(=O)N1C[C@@H]2C[C@H](C1)c1ccc(CN(C)Cc3ncc[nH]3)c(=O)n1C2. The summed E-state index contributed by atoms with van der Waals surface area (Å²) in [6.07, 6.45) is 7.26. The molecule has 2 bridgehead atoms. The van der Waals surface area contributed by atoms with Gasteiger partial charge in [-0.1, -0.05) is 6.07 Å². The maximum absolute atomic E-state index is 13.2. The molecule has 8 heteroatoms. The van der Waals surface area contributed by atoms with E-state index < -0.39 is 0 Å². The summed E-state index contributed by atoms with van der Waals surface area (Å²) in [5.74, 6) is 2.65. The average Bonchev–Trinajstić information content (AvgIpc) is 3.21. The van der Waals surface area contributed by atoms with Gasteiger partial charge in [-0.25, -0.2) is 4.98 Å². The molecule has 2 aromatic heterocycles. The molecule has 1 N–H and O–H groups in total. The van der Waals surface area contributed by atoms with Gasteiger partial charge >= 0.3 is 0 Å². The summed E-state index contributed by atoms with van der Waals surface area (Å²) in [6, 6.07) is 4.08. The molecule has 4 rings (SSSR count). The molecule has 0 radical (unpaired) electrons. The van der Waals surface area contributed by atoms with Crippen molar-refractivity contribution in [2.75, 3.05) is 32.1 Å². The lowest BCUT2D eigenvalue weighted by molar-refractivity contribution is -0.133. The second-order valence-electron chi connectivity index (χ2n) is 8.25. The highest BCUT2D eigenvalue weighted by atomic mass is 32.2. The topological polar surface area (TPSA) is 74.2 Å². The largest absolute Gasteiger partial charge is 0.348 e. The van der Waals surface area contributed by atoms with Crippen LogP contribution in [-0.2, 0) is 24.4 Å². The van der Waals surface area contributed by atoms with Crippen LogP contribution in [0.1, 0.15) is 35.8 Å². The van der Waals surface area contributed by atoms with Crippen LogP contribution in [0.15, 0.2) is 29.3 Å². The zero-order valence-corrected chi connectivity index (χ0v) is 18.0. The number of imidazole rings is 1. The fourth-order valence-corrected chi connectivity index (χ4v) is 5.03. The van der Waals surface area contributed by atoms with Gasteiger partial charge < -0.3 is 14.5 Å². The molecule has 0 aliphatic carbocycles. The molecule has 2 aliphatic heterocycles. The highest BCUT2D eigenvalue weighted by Crippen LogP contribution is 2.35. The van der Waals surface area contributed by atoms with Gasteiger partial charge in [0.05, 0.1) is 6.54 Å². The van der Waals surface area contributed by atoms with Gasteiger partial charge in [-0.15, -0.1) is 0 Å². The summed E-state index contributed by atoms with van der Waals surface area (Å²) in [7, 11) is 2.00. The third-order valence-electron chi connectivity index (χ3n) is 5.97. The average molecular weight is 416 g/mol. The van der Waals surface area contributed by atoms with Crippen molar-refractivity contribution in [3.05, 3.63) is 52.0 Å². The maximum atomic E-state index is 13.2. The van der Waals surface area contributed by atoms with Crippen molar-refractivity contribution in [3.63, 3.8) is 0 Å². The van der Waals surface area contributed by atoms with Crippen LogP contribution < -0.4 is 5.56 Å². The number of carbonyl (C=O) groups excluding carboxylic acids is 1. The molecule has 1 amide bonds. The number of carbonyl (C=O) groups is 1. The number of rotatable bonds is 7. The summed E-state index contributed by atoms with van der Waals surface area (Å²) in [4.78, 5) is 37.1. The van der Waals surface area contributed by atoms with Crippen LogP contribution in [0.25, 0.3) is 0 Å². The Hall–Kier alpha value is -2.06. The minimum atomic E-state index is 0.116. The van der Waals surface area contributed by atoms with Crippen molar-refractivity contribution < 1.29 is 4.79 Å². The van der Waals surface area contributed by atoms with Crippen LogP contribution in [-0.4, -0.2) is 62.4 Å². The second kappa shape index (κ2) is 8.75. The van der Waals surface area contributed by atoms with E-state index in [9.17, 15) is 9.59 Å². The lowest BCUT2D eigenvalue weighted by Gasteiger charge is -2.43. The van der Waals surface area contributed by atoms with Crippen molar-refractivity contribution in [2.45, 2.75) is 38.4 Å². The van der Waals surface area contributed by atoms with Crippen LogP contribution in [0.2, 0.25) is 0 Å². The van der Waals surface area contributed by atoms with E-state index >= 15 is 0 Å². The van der Waals surface area contributed by atoms with Crippen LogP contribution in [0.4, 0.5) is 0 Å². The molecule has 2 aliphatic rings. The van der Waals surface area contributed by atoms with Crippen molar-refractivity contribution in [2.24, 2.45) is 5.92 Å². The molecule has 156 valence electrons. The van der Waals surface area contributed by atoms with Gasteiger partial charge in [0.15, 0.2) is 0 Å². The van der Waals surface area contributed by atoms with E-state index in [1.54, 1.807) is 18.0 Å². The molecule has 1 saturated heterocycles. The molecular weight excluding hydrogens is 386 g/mol. The van der Waals surface area contributed by atoms with E-state index in [0.29, 0.717) is 32.0 Å². The van der Waals surface area contributed by atoms with Crippen molar-refractivity contribution >= 4 is 17.7 Å². The number of likely N-dealkylation sites (tertiary alicyclic amines) is 1. The molecule has 7 nitrogen and oxygen atoms in total. The Morgan fingerprint density at radius 2 is 2.17 bits per heavy atom. The van der Waals surface area contributed by atoms with Crippen molar-refractivity contribution in [1.29, 1.82) is 0 Å². The van der Waals surface area contributed by atoms with E-state index in [4.69, 9.17) is 0 Å². The number of fused-ring (bicyclic) bond motifs is 4. The summed E-state index contributed by atoms with van der Waals surface area (Å²) in [6.45, 7) is 3.49. The summed E-state index contributed by atoms with van der Waals surface area (Å²) < 4.78 is 1.97. The zero-order chi connectivity index (χ0) is 20.4. The molecule has 0 unspecified atom stereocenters. The van der Waals surface area contributed by atoms with Crippen LogP contribution >= 0.6 is 11.8 Å². The molecule has 4 heterocycles. The van der Waals surface area contributed by atoms with Crippen LogP contribution in [0.5, 0.6) is 0 Å². The fourth-order valence-electron chi connectivity index (χ4n) is 4.65. The first-order chi connectivity index (χ1) is 14.0. The second-order valence-corrected chi connectivity index (χ2v) is 9.23. The Kier molecular flexibility index (Phi) is 6.10. The summed E-state index contributed by atoms with van der Waals surface area (Å²) in [5, 5.41) is 0. The number of aromatic amines is 1. The molecular formula is C21H29N5O2S. The number of amides is 1. The van der Waals surface area contributed by atoms with Gasteiger partial charge in [-0.2, -0.15) is 11.8 Å². The lowest BCUT2D eigenvalue weighted by Crippen LogP contribution is -2.49. The number of piperidine rings is 1. The van der Waals surface area contributed by atoms with Crippen molar-refractivity contribution in [3.8, 4) is 0 Å². The highest BCUT2D eigenvalue weighted by Gasteiger charge is 2.36. The third kappa shape index (κ3) is 4.43. The minimum absolute atomic E-state index is 0.116. The molecule has 29 heavy (non-hydrogen) atoms. The first-order valence-electron chi connectivity index (χ1n) is 10.2. The number of hydrogen-bond donors (Lipinski definition) is 1. The van der Waals surface area contributed by atoms with E-state index in [0.717, 1.165) is 42.3 Å². The quantitative estimate of drug-likeness (QED) is 0.748. The minimum Gasteiger partial charge on any atom is -0.348 e. The number of hydrogen-bond acceptors (Lipinski definition) is 5. The van der Waals surface area contributed by atoms with Gasteiger partial charge in [-0.3, -0.25) is 14.5 Å². The molecule has 0 saturated carbocycles. The third-order valence-corrected chi connectivity index (χ3v) is 6.58. The molecule has 0 spiro atoms. The van der Waals surface area contributed by atoms with E-state index in [2.05, 4.69) is 20.9 Å². The predicted molar refractivity (Wildman–Crippen MR) is 115 cm³/mol. The molecule has 2 aromatic rings. The lowest BCUT2D eigenvalue weighted by atomic mass is 9.83. The van der Waals surface area contributed by atoms with Gasteiger partial charge in [0.1, 0.15) is 5.82 Å². The van der Waals surface area contributed by atoms with Gasteiger partial charge in [-0.05, 0) is 31.7 Å². The van der Waals surface area contributed by atoms with E-state index in [1.807, 2.05) is 35.0 Å². The Labute approximate surface area is 175 Å². The Bertz CT molecular complexity index is 910. The smallest absolute Gasteiger partial charge is 0.255 e. The molecule has 2 atom stereocenters. The highest BCUT2D eigenvalue weighted by molar-refractivity contribution is 7.98. The van der Waals surface area contributed by atoms with E-state index in [-0.39, 0.29) is 17.4 Å². The number of nitrogens with one attached hydrogen (secondary N) is 1. The molecule has 0 aromatic carbocycles. The molecule has 1 fully saturated rings. The van der Waals surface area contributed by atoms with Gasteiger partial charge in [0.25, 0.3) is 5.56 Å². The normalized spacial score (nSPS) is 20.7.